The van der Waals surface area contributed by atoms with Crippen LogP contribution in [0.5, 0.6) is 0 Å². The zero-order valence-corrected chi connectivity index (χ0v) is 15.9. The van der Waals surface area contributed by atoms with Crippen LogP contribution in [0.15, 0.2) is 57.2 Å². The number of hydrogen-bond donors (Lipinski definition) is 0. The molecule has 0 saturated heterocycles. The Hall–Kier alpha value is -1.68. The molecule has 2 bridgehead atoms. The van der Waals surface area contributed by atoms with Crippen LogP contribution in [-0.4, -0.2) is 29.7 Å². The van der Waals surface area contributed by atoms with Crippen molar-refractivity contribution in [3.05, 3.63) is 57.2 Å². The van der Waals surface area contributed by atoms with Gasteiger partial charge in [0.1, 0.15) is 0 Å². The average Bonchev–Trinajstić information content (AvgIpc) is 2.52. The second-order valence-corrected chi connectivity index (χ2v) is 8.41. The highest BCUT2D eigenvalue weighted by molar-refractivity contribution is 8.08. The van der Waals surface area contributed by atoms with Crippen LogP contribution in [0.3, 0.4) is 0 Å². The maximum atomic E-state index is 13.3. The number of carbonyl (C=O) groups excluding carboxylic acids is 2. The van der Waals surface area contributed by atoms with E-state index in [1.54, 1.807) is 0 Å². The number of thioether (sulfide) groups is 2. The topological polar surface area (TPSA) is 34.1 Å². The van der Waals surface area contributed by atoms with Crippen molar-refractivity contribution < 1.29 is 35.9 Å². The summed E-state index contributed by atoms with van der Waals surface area (Å²) in [6.07, 6.45) is -9.61. The number of allylic oxidation sites excluding steroid dienone is 6. The minimum absolute atomic E-state index is 0.197. The molecule has 0 aromatic rings. The number of alkyl halides is 6. The van der Waals surface area contributed by atoms with E-state index >= 15 is 0 Å². The monoisotopic (exact) mass is 440 g/mol. The van der Waals surface area contributed by atoms with E-state index in [1.807, 2.05) is 0 Å². The number of fused-ring (bicyclic) bond motifs is 10. The van der Waals surface area contributed by atoms with Crippen LogP contribution in [0, 0.1) is 5.92 Å². The van der Waals surface area contributed by atoms with Gasteiger partial charge in [0.15, 0.2) is 11.6 Å². The SMILES string of the molecule is C=C1CC(C(F)(F)F)CCSC(=C)C(=O)C2=C(C(F)(F)F)C(=C2)SC(=C)C1=O. The van der Waals surface area contributed by atoms with Crippen molar-refractivity contribution in [2.24, 2.45) is 5.92 Å². The molecule has 0 saturated carbocycles. The summed E-state index contributed by atoms with van der Waals surface area (Å²) in [6, 6.07) is 0. The summed E-state index contributed by atoms with van der Waals surface area (Å²) in [7, 11) is 0. The summed E-state index contributed by atoms with van der Waals surface area (Å²) in [5, 5.41) is 0. The van der Waals surface area contributed by atoms with Crippen LogP contribution in [0.25, 0.3) is 0 Å². The Morgan fingerprint density at radius 3 is 2.11 bits per heavy atom. The standard InChI is InChI=1S/C18H14F6O2S2/c1-8-6-11(17(19,20)21)4-5-27-9(2)16(26)12-7-13(14(12)18(22,23)24)28-10(3)15(8)25/h7,11H,1-6H2. The van der Waals surface area contributed by atoms with Crippen molar-refractivity contribution in [2.45, 2.75) is 25.2 Å². The molecule has 1 unspecified atom stereocenters. The zero-order chi connectivity index (χ0) is 21.4. The molecule has 0 radical (unpaired) electrons. The molecule has 152 valence electrons. The predicted octanol–water partition coefficient (Wildman–Crippen LogP) is 5.90. The number of hydrogen-bond acceptors (Lipinski definition) is 4. The van der Waals surface area contributed by atoms with E-state index in [4.69, 9.17) is 0 Å². The Kier molecular flexibility index (Phi) is 6.44. The Bertz CT molecular complexity index is 830. The molecule has 2 nitrogen and oxygen atoms in total. The van der Waals surface area contributed by atoms with E-state index in [-0.39, 0.29) is 16.2 Å². The normalized spacial score (nSPS) is 23.4. The van der Waals surface area contributed by atoms with Crippen molar-refractivity contribution in [2.75, 3.05) is 5.75 Å². The Morgan fingerprint density at radius 1 is 0.964 bits per heavy atom. The molecule has 0 N–H and O–H groups in total. The van der Waals surface area contributed by atoms with E-state index < -0.39 is 63.6 Å². The number of ketones is 2. The Morgan fingerprint density at radius 2 is 1.57 bits per heavy atom. The van der Waals surface area contributed by atoms with Crippen LogP contribution < -0.4 is 0 Å². The van der Waals surface area contributed by atoms with Crippen LogP contribution >= 0.6 is 23.5 Å². The number of halogens is 6. The van der Waals surface area contributed by atoms with Crippen molar-refractivity contribution in [3.63, 3.8) is 0 Å². The molecule has 3 rings (SSSR count). The maximum Gasteiger partial charge on any atom is 0.418 e. The molecule has 1 atom stereocenters. The molecule has 1 aliphatic carbocycles. The van der Waals surface area contributed by atoms with Crippen LogP contribution in [-0.2, 0) is 9.59 Å². The highest BCUT2D eigenvalue weighted by atomic mass is 32.2. The highest BCUT2D eigenvalue weighted by Crippen LogP contribution is 2.49. The number of rotatable bonds is 0. The minimum atomic E-state index is -4.84. The van der Waals surface area contributed by atoms with Gasteiger partial charge in [-0.05, 0) is 30.2 Å². The molecular formula is C18H14F6O2S2. The fourth-order valence-electron chi connectivity index (χ4n) is 2.57. The lowest BCUT2D eigenvalue weighted by molar-refractivity contribution is -0.174. The molecule has 3 aliphatic rings. The van der Waals surface area contributed by atoms with E-state index in [9.17, 15) is 35.9 Å². The van der Waals surface area contributed by atoms with Gasteiger partial charge in [-0.15, -0.1) is 11.8 Å². The van der Waals surface area contributed by atoms with Crippen molar-refractivity contribution in [3.8, 4) is 0 Å². The van der Waals surface area contributed by atoms with Crippen LogP contribution in [0.4, 0.5) is 26.3 Å². The lowest BCUT2D eigenvalue weighted by Gasteiger charge is -2.27. The van der Waals surface area contributed by atoms with Gasteiger partial charge in [-0.3, -0.25) is 9.59 Å². The van der Waals surface area contributed by atoms with Gasteiger partial charge < -0.3 is 0 Å². The lowest BCUT2D eigenvalue weighted by Crippen LogP contribution is -2.27. The van der Waals surface area contributed by atoms with E-state index in [2.05, 4.69) is 19.7 Å². The summed E-state index contributed by atoms with van der Waals surface area (Å²) in [5.41, 5.74) is -2.19. The fraction of sp³-hybridized carbons (Fsp3) is 0.333. The maximum absolute atomic E-state index is 13.3. The van der Waals surface area contributed by atoms with E-state index in [1.165, 1.54) is 0 Å². The first-order valence-corrected chi connectivity index (χ1v) is 9.59. The van der Waals surface area contributed by atoms with Gasteiger partial charge in [0.2, 0.25) is 0 Å². The number of carbonyl (C=O) groups is 2. The highest BCUT2D eigenvalue weighted by Gasteiger charge is 2.46. The second kappa shape index (κ2) is 7.98. The summed E-state index contributed by atoms with van der Waals surface area (Å²) in [6.45, 7) is 10.1. The molecule has 0 amide bonds. The molecule has 10 heteroatoms. The lowest BCUT2D eigenvalue weighted by atomic mass is 9.93. The van der Waals surface area contributed by atoms with Gasteiger partial charge in [-0.25, -0.2) is 0 Å². The van der Waals surface area contributed by atoms with Crippen molar-refractivity contribution in [1.82, 2.24) is 0 Å². The molecule has 0 aromatic carbocycles. The molecule has 2 heterocycles. The molecule has 0 fully saturated rings. The first-order valence-electron chi connectivity index (χ1n) is 7.79. The smallest absolute Gasteiger partial charge is 0.288 e. The minimum Gasteiger partial charge on any atom is -0.288 e. The van der Waals surface area contributed by atoms with Gasteiger partial charge in [0.05, 0.1) is 16.4 Å². The number of Topliss-reactive ketones (excluding diaryl/α,β-unsaturated/α-hetero) is 2. The van der Waals surface area contributed by atoms with E-state index in [0.717, 1.165) is 6.08 Å². The van der Waals surface area contributed by atoms with Gasteiger partial charge >= 0.3 is 12.4 Å². The summed E-state index contributed by atoms with van der Waals surface area (Å²) in [4.78, 5) is 23.4. The predicted molar refractivity (Wildman–Crippen MR) is 97.4 cm³/mol. The Balaban J connectivity index is 2.39. The first-order chi connectivity index (χ1) is 12.7. The quantitative estimate of drug-likeness (QED) is 0.347. The van der Waals surface area contributed by atoms with E-state index in [0.29, 0.717) is 23.5 Å². The zero-order valence-electron chi connectivity index (χ0n) is 14.3. The summed E-state index contributed by atoms with van der Waals surface area (Å²) < 4.78 is 79.6. The third kappa shape index (κ3) is 4.83. The first kappa shape index (κ1) is 22.6. The van der Waals surface area contributed by atoms with Crippen LogP contribution in [0.1, 0.15) is 12.8 Å². The van der Waals surface area contributed by atoms with Crippen LogP contribution in [0.2, 0.25) is 0 Å². The second-order valence-electron chi connectivity index (χ2n) is 6.09. The van der Waals surface area contributed by atoms with Gasteiger partial charge in [-0.2, -0.15) is 26.3 Å². The van der Waals surface area contributed by atoms with Gasteiger partial charge in [0, 0.05) is 15.4 Å². The summed E-state index contributed by atoms with van der Waals surface area (Å²) >= 11 is 1.02. The Labute approximate surface area is 165 Å². The average molecular weight is 440 g/mol. The third-order valence-corrected chi connectivity index (χ3v) is 6.03. The van der Waals surface area contributed by atoms with Gasteiger partial charge in [0.25, 0.3) is 0 Å². The fourth-order valence-corrected chi connectivity index (χ4v) is 4.47. The largest absolute Gasteiger partial charge is 0.418 e. The summed E-state index contributed by atoms with van der Waals surface area (Å²) in [5.74, 6) is -4.00. The molecule has 0 aromatic heterocycles. The molecular weight excluding hydrogens is 426 g/mol. The molecule has 2 aliphatic heterocycles. The van der Waals surface area contributed by atoms with Gasteiger partial charge in [-0.1, -0.05) is 31.5 Å². The molecule has 28 heavy (non-hydrogen) atoms. The molecule has 0 spiro atoms. The third-order valence-electron chi connectivity index (χ3n) is 4.08. The van der Waals surface area contributed by atoms with Crippen molar-refractivity contribution >= 4 is 35.1 Å². The van der Waals surface area contributed by atoms with Crippen molar-refractivity contribution in [1.29, 1.82) is 0 Å².